The molecule has 1 aromatic carbocycles. The van der Waals surface area contributed by atoms with Crippen LogP contribution >= 0.6 is 0 Å². The van der Waals surface area contributed by atoms with Crippen molar-refractivity contribution >= 4 is 11.6 Å². The van der Waals surface area contributed by atoms with E-state index in [-0.39, 0.29) is 11.9 Å². The maximum atomic E-state index is 12.3. The van der Waals surface area contributed by atoms with Gasteiger partial charge in [-0.1, -0.05) is 25.5 Å². The average molecular weight is 234 g/mol. The lowest BCUT2D eigenvalue weighted by Gasteiger charge is -2.25. The van der Waals surface area contributed by atoms with Crippen molar-refractivity contribution in [1.29, 1.82) is 0 Å². The predicted octanol–water partition coefficient (Wildman–Crippen LogP) is 2.99. The fourth-order valence-electron chi connectivity index (χ4n) is 1.89. The summed E-state index contributed by atoms with van der Waals surface area (Å²) in [4.78, 5) is 14.1. The van der Waals surface area contributed by atoms with Crippen molar-refractivity contribution in [3.63, 3.8) is 0 Å². The van der Waals surface area contributed by atoms with Gasteiger partial charge in [-0.05, 0) is 25.5 Å². The number of hydrogen-bond donors (Lipinski definition) is 1. The van der Waals surface area contributed by atoms with Crippen LogP contribution in [0.4, 0.5) is 5.69 Å². The molecule has 1 rings (SSSR count). The Balaban J connectivity index is 2.88. The molecule has 3 heteroatoms. The van der Waals surface area contributed by atoms with Crippen molar-refractivity contribution in [2.75, 3.05) is 19.4 Å². The predicted molar refractivity (Wildman–Crippen MR) is 72.5 cm³/mol. The van der Waals surface area contributed by atoms with E-state index in [9.17, 15) is 4.79 Å². The van der Waals surface area contributed by atoms with Crippen LogP contribution in [0.1, 0.15) is 37.0 Å². The Morgan fingerprint density at radius 2 is 2.06 bits per heavy atom. The first-order chi connectivity index (χ1) is 8.11. The van der Waals surface area contributed by atoms with Crippen LogP contribution in [0.3, 0.4) is 0 Å². The lowest BCUT2D eigenvalue weighted by Crippen LogP contribution is -2.35. The van der Waals surface area contributed by atoms with E-state index < -0.39 is 0 Å². The smallest absolute Gasteiger partial charge is 0.255 e. The number of carbonyl (C=O) groups is 1. The fraction of sp³-hybridized carbons (Fsp3) is 0.500. The monoisotopic (exact) mass is 234 g/mol. The second-order valence-electron chi connectivity index (χ2n) is 4.35. The molecule has 0 spiro atoms. The molecular weight excluding hydrogens is 212 g/mol. The Labute approximate surface area is 104 Å². The van der Waals surface area contributed by atoms with Crippen molar-refractivity contribution in [1.82, 2.24) is 4.90 Å². The molecule has 94 valence electrons. The van der Waals surface area contributed by atoms with E-state index in [1.165, 1.54) is 0 Å². The van der Waals surface area contributed by atoms with Crippen LogP contribution in [0.15, 0.2) is 24.3 Å². The second-order valence-corrected chi connectivity index (χ2v) is 4.35. The SMILES string of the molecule is CCCC(C)N(C)C(=O)c1ccccc1NC. The number of amides is 1. The Morgan fingerprint density at radius 1 is 1.41 bits per heavy atom. The third-order valence-corrected chi connectivity index (χ3v) is 3.11. The number of para-hydroxylation sites is 1. The van der Waals surface area contributed by atoms with Crippen LogP contribution in [-0.4, -0.2) is 30.9 Å². The molecule has 1 unspecified atom stereocenters. The van der Waals surface area contributed by atoms with Gasteiger partial charge < -0.3 is 10.2 Å². The first-order valence-corrected chi connectivity index (χ1v) is 6.15. The van der Waals surface area contributed by atoms with E-state index in [0.717, 1.165) is 24.1 Å². The lowest BCUT2D eigenvalue weighted by atomic mass is 10.1. The van der Waals surface area contributed by atoms with Crippen LogP contribution in [0, 0.1) is 0 Å². The molecule has 0 saturated carbocycles. The van der Waals surface area contributed by atoms with Crippen LogP contribution in [0.5, 0.6) is 0 Å². The van der Waals surface area contributed by atoms with Crippen LogP contribution < -0.4 is 5.32 Å². The summed E-state index contributed by atoms with van der Waals surface area (Å²) in [6.45, 7) is 4.22. The summed E-state index contributed by atoms with van der Waals surface area (Å²) in [5.41, 5.74) is 1.62. The van der Waals surface area contributed by atoms with E-state index >= 15 is 0 Å². The highest BCUT2D eigenvalue weighted by atomic mass is 16.2. The number of benzene rings is 1. The summed E-state index contributed by atoms with van der Waals surface area (Å²) in [5.74, 6) is 0.0795. The molecule has 1 amide bonds. The Morgan fingerprint density at radius 3 is 2.65 bits per heavy atom. The quantitative estimate of drug-likeness (QED) is 0.849. The first kappa shape index (κ1) is 13.6. The molecule has 1 atom stereocenters. The van der Waals surface area contributed by atoms with Gasteiger partial charge in [-0.3, -0.25) is 4.79 Å². The minimum Gasteiger partial charge on any atom is -0.387 e. The minimum atomic E-state index is 0.0795. The molecule has 3 nitrogen and oxygen atoms in total. The van der Waals surface area contributed by atoms with Crippen molar-refractivity contribution < 1.29 is 4.79 Å². The number of hydrogen-bond acceptors (Lipinski definition) is 2. The Hall–Kier alpha value is -1.51. The van der Waals surface area contributed by atoms with E-state index in [0.29, 0.717) is 0 Å². The third kappa shape index (κ3) is 3.22. The first-order valence-electron chi connectivity index (χ1n) is 6.15. The van der Waals surface area contributed by atoms with Crippen LogP contribution in [0.25, 0.3) is 0 Å². The summed E-state index contributed by atoms with van der Waals surface area (Å²) in [5, 5.41) is 3.05. The van der Waals surface area contributed by atoms with Crippen molar-refractivity contribution in [3.05, 3.63) is 29.8 Å². The van der Waals surface area contributed by atoms with Gasteiger partial charge in [0.1, 0.15) is 0 Å². The lowest BCUT2D eigenvalue weighted by molar-refractivity contribution is 0.0738. The summed E-state index contributed by atoms with van der Waals surface area (Å²) in [6.07, 6.45) is 2.12. The normalized spacial score (nSPS) is 12.0. The van der Waals surface area contributed by atoms with Crippen LogP contribution in [0.2, 0.25) is 0 Å². The van der Waals surface area contributed by atoms with Gasteiger partial charge in [-0.2, -0.15) is 0 Å². The van der Waals surface area contributed by atoms with Gasteiger partial charge in [0.15, 0.2) is 0 Å². The summed E-state index contributed by atoms with van der Waals surface area (Å²) < 4.78 is 0. The van der Waals surface area contributed by atoms with Crippen LogP contribution in [-0.2, 0) is 0 Å². The molecular formula is C14H22N2O. The van der Waals surface area contributed by atoms with Gasteiger partial charge in [0.25, 0.3) is 5.91 Å². The molecule has 0 aromatic heterocycles. The molecule has 1 N–H and O–H groups in total. The Kier molecular flexibility index (Phi) is 5.01. The molecule has 0 aliphatic carbocycles. The molecule has 0 bridgehead atoms. The van der Waals surface area contributed by atoms with E-state index in [1.807, 2.05) is 43.3 Å². The zero-order valence-electron chi connectivity index (χ0n) is 11.2. The summed E-state index contributed by atoms with van der Waals surface area (Å²) in [7, 11) is 3.71. The highest BCUT2D eigenvalue weighted by molar-refractivity contribution is 5.99. The fourth-order valence-corrected chi connectivity index (χ4v) is 1.89. The van der Waals surface area contributed by atoms with E-state index in [4.69, 9.17) is 0 Å². The molecule has 0 heterocycles. The largest absolute Gasteiger partial charge is 0.387 e. The van der Waals surface area contributed by atoms with Gasteiger partial charge in [0.05, 0.1) is 5.56 Å². The molecule has 0 aliphatic heterocycles. The number of anilines is 1. The number of nitrogens with one attached hydrogen (secondary N) is 1. The van der Waals surface area contributed by atoms with E-state index in [2.05, 4.69) is 19.2 Å². The van der Waals surface area contributed by atoms with E-state index in [1.54, 1.807) is 0 Å². The standard InChI is InChI=1S/C14H22N2O/c1-5-8-11(2)16(4)14(17)12-9-6-7-10-13(12)15-3/h6-7,9-11,15H,5,8H2,1-4H3. The molecule has 0 fully saturated rings. The van der Waals surface area contributed by atoms with Gasteiger partial charge in [-0.15, -0.1) is 0 Å². The maximum absolute atomic E-state index is 12.3. The van der Waals surface area contributed by atoms with Gasteiger partial charge >= 0.3 is 0 Å². The van der Waals surface area contributed by atoms with Gasteiger partial charge in [0, 0.05) is 25.8 Å². The molecule has 0 radical (unpaired) electrons. The molecule has 17 heavy (non-hydrogen) atoms. The number of carbonyl (C=O) groups excluding carboxylic acids is 1. The minimum absolute atomic E-state index is 0.0795. The summed E-state index contributed by atoms with van der Waals surface area (Å²) in [6, 6.07) is 7.89. The number of nitrogens with zero attached hydrogens (tertiary/aromatic N) is 1. The third-order valence-electron chi connectivity index (χ3n) is 3.11. The zero-order valence-corrected chi connectivity index (χ0v) is 11.2. The maximum Gasteiger partial charge on any atom is 0.255 e. The van der Waals surface area contributed by atoms with Crippen molar-refractivity contribution in [2.45, 2.75) is 32.7 Å². The highest BCUT2D eigenvalue weighted by Gasteiger charge is 2.18. The molecule has 1 aromatic rings. The van der Waals surface area contributed by atoms with Crippen molar-refractivity contribution in [3.8, 4) is 0 Å². The van der Waals surface area contributed by atoms with Crippen molar-refractivity contribution in [2.24, 2.45) is 0 Å². The average Bonchev–Trinajstić information content (AvgIpc) is 2.37. The van der Waals surface area contributed by atoms with Gasteiger partial charge in [0.2, 0.25) is 0 Å². The topological polar surface area (TPSA) is 32.3 Å². The second kappa shape index (κ2) is 6.28. The Bertz CT molecular complexity index is 376. The number of rotatable bonds is 5. The zero-order chi connectivity index (χ0) is 12.8. The highest BCUT2D eigenvalue weighted by Crippen LogP contribution is 2.18. The van der Waals surface area contributed by atoms with Gasteiger partial charge in [-0.25, -0.2) is 0 Å². The summed E-state index contributed by atoms with van der Waals surface area (Å²) >= 11 is 0. The molecule has 0 aliphatic rings. The molecule has 0 saturated heterocycles.